The lowest BCUT2D eigenvalue weighted by Crippen LogP contribution is -2.13. The maximum Gasteiger partial charge on any atom is 0.239 e. The van der Waals surface area contributed by atoms with Crippen molar-refractivity contribution >= 4 is 11.8 Å². The molecule has 2 aromatic rings. The van der Waals surface area contributed by atoms with Crippen LogP contribution in [0.25, 0.3) is 0 Å². The molecule has 0 bridgehead atoms. The number of nitrogens with zero attached hydrogens (tertiary/aromatic N) is 2. The van der Waals surface area contributed by atoms with E-state index in [2.05, 4.69) is 30.9 Å². The normalized spacial score (nSPS) is 14.9. The number of benzene rings is 1. The van der Waals surface area contributed by atoms with Gasteiger partial charge in [-0.05, 0) is 12.5 Å². The summed E-state index contributed by atoms with van der Waals surface area (Å²) in [5.74, 6) is 1.93. The van der Waals surface area contributed by atoms with Gasteiger partial charge < -0.3 is 9.63 Å². The molecule has 1 aromatic heterocycles. The fourth-order valence-electron chi connectivity index (χ4n) is 1.78. The summed E-state index contributed by atoms with van der Waals surface area (Å²) < 4.78 is 5.33. The third-order valence-electron chi connectivity index (χ3n) is 3.15. The third kappa shape index (κ3) is 4.32. The molecule has 1 aromatic carbocycles. The Hall–Kier alpha value is -1.33. The zero-order valence-corrected chi connectivity index (χ0v) is 13.7. The van der Waals surface area contributed by atoms with Crippen LogP contribution < -0.4 is 0 Å². The molecule has 4 nitrogen and oxygen atoms in total. The number of aromatic nitrogens is 2. The molecule has 5 heteroatoms. The highest BCUT2D eigenvalue weighted by molar-refractivity contribution is 7.99. The van der Waals surface area contributed by atoms with Crippen LogP contribution in [-0.2, 0) is 5.41 Å². The lowest BCUT2D eigenvalue weighted by Gasteiger charge is -2.13. The van der Waals surface area contributed by atoms with E-state index in [1.54, 1.807) is 11.8 Å². The van der Waals surface area contributed by atoms with Gasteiger partial charge in [0.25, 0.3) is 0 Å². The Labute approximate surface area is 130 Å². The summed E-state index contributed by atoms with van der Waals surface area (Å²) in [6.45, 7) is 8.18. The second kappa shape index (κ2) is 6.62. The number of rotatable bonds is 5. The fourth-order valence-corrected chi connectivity index (χ4v) is 2.68. The first-order valence-corrected chi connectivity index (χ1v) is 8.11. The molecule has 0 amide bonds. The van der Waals surface area contributed by atoms with E-state index in [1.165, 1.54) is 0 Å². The Kier molecular flexibility index (Phi) is 5.06. The maximum atomic E-state index is 10.2. The average molecular weight is 306 g/mol. The summed E-state index contributed by atoms with van der Waals surface area (Å²) in [5.41, 5.74) is 0.813. The Morgan fingerprint density at radius 1 is 1.24 bits per heavy atom. The quantitative estimate of drug-likeness (QED) is 0.908. The maximum absolute atomic E-state index is 10.2. The molecule has 0 radical (unpaired) electrons. The predicted octanol–water partition coefficient (Wildman–Crippen LogP) is 3.89. The molecular weight excluding hydrogens is 284 g/mol. The molecule has 2 atom stereocenters. The van der Waals surface area contributed by atoms with E-state index < -0.39 is 6.10 Å². The minimum absolute atomic E-state index is 0.0620. The summed E-state index contributed by atoms with van der Waals surface area (Å²) in [7, 11) is 0. The van der Waals surface area contributed by atoms with E-state index in [1.807, 2.05) is 37.3 Å². The molecule has 0 fully saturated rings. The largest absolute Gasteiger partial charge is 0.388 e. The van der Waals surface area contributed by atoms with Gasteiger partial charge in [0, 0.05) is 11.2 Å². The van der Waals surface area contributed by atoms with Crippen molar-refractivity contribution in [1.29, 1.82) is 0 Å². The molecule has 1 N–H and O–H groups in total. The first kappa shape index (κ1) is 16.0. The molecule has 0 saturated heterocycles. The van der Waals surface area contributed by atoms with Crippen molar-refractivity contribution in [2.45, 2.75) is 44.5 Å². The van der Waals surface area contributed by atoms with Crippen molar-refractivity contribution in [2.75, 3.05) is 5.75 Å². The lowest BCUT2D eigenvalue weighted by atomic mass is 9.96. The van der Waals surface area contributed by atoms with Crippen LogP contribution in [0.2, 0.25) is 0 Å². The number of hydrogen-bond donors (Lipinski definition) is 1. The smallest absolute Gasteiger partial charge is 0.239 e. The first-order valence-electron chi connectivity index (χ1n) is 7.06. The molecule has 1 heterocycles. The molecule has 114 valence electrons. The number of hydrogen-bond acceptors (Lipinski definition) is 5. The Bertz CT molecular complexity index is 563. The summed E-state index contributed by atoms with van der Waals surface area (Å²) in [6.07, 6.45) is -0.483. The molecule has 2 rings (SSSR count). The topological polar surface area (TPSA) is 59.2 Å². The second-order valence-electron chi connectivity index (χ2n) is 6.11. The van der Waals surface area contributed by atoms with Gasteiger partial charge in [0.1, 0.15) is 0 Å². The van der Waals surface area contributed by atoms with Crippen molar-refractivity contribution < 1.29 is 9.63 Å². The van der Waals surface area contributed by atoms with Crippen LogP contribution >= 0.6 is 11.8 Å². The highest BCUT2D eigenvalue weighted by Crippen LogP contribution is 2.31. The van der Waals surface area contributed by atoms with E-state index in [-0.39, 0.29) is 10.7 Å². The van der Waals surface area contributed by atoms with Gasteiger partial charge >= 0.3 is 0 Å². The van der Waals surface area contributed by atoms with Crippen LogP contribution in [0.4, 0.5) is 0 Å². The average Bonchev–Trinajstić information content (AvgIpc) is 2.95. The number of aliphatic hydroxyl groups is 1. The van der Waals surface area contributed by atoms with Crippen LogP contribution in [0.15, 0.2) is 34.9 Å². The number of aliphatic hydroxyl groups excluding tert-OH is 1. The fraction of sp³-hybridized carbons (Fsp3) is 0.500. The predicted molar refractivity (Wildman–Crippen MR) is 85.3 cm³/mol. The second-order valence-corrected chi connectivity index (χ2v) is 7.48. The van der Waals surface area contributed by atoms with Gasteiger partial charge in [-0.3, -0.25) is 0 Å². The van der Waals surface area contributed by atoms with Crippen LogP contribution in [0, 0.1) is 0 Å². The minimum atomic E-state index is -0.483. The summed E-state index contributed by atoms with van der Waals surface area (Å²) >= 11 is 1.61. The molecule has 0 saturated carbocycles. The van der Waals surface area contributed by atoms with Gasteiger partial charge in [-0.1, -0.05) is 56.3 Å². The molecule has 0 spiro atoms. The highest BCUT2D eigenvalue weighted by atomic mass is 32.2. The van der Waals surface area contributed by atoms with Crippen molar-refractivity contribution in [3.63, 3.8) is 0 Å². The van der Waals surface area contributed by atoms with Crippen LogP contribution in [-0.4, -0.2) is 21.0 Å². The standard InChI is InChI=1S/C16H22N2O2S/c1-11(14-17-15(18-20-14)16(2,3)4)21-10-13(19)12-8-6-5-7-9-12/h5-9,11,13,19H,10H2,1-4H3/t11-,13-/m1/s1. The summed E-state index contributed by atoms with van der Waals surface area (Å²) in [5, 5.41) is 14.3. The molecular formula is C16H22N2O2S. The van der Waals surface area contributed by atoms with E-state index in [4.69, 9.17) is 4.52 Å². The summed E-state index contributed by atoms with van der Waals surface area (Å²) in [6, 6.07) is 9.67. The monoisotopic (exact) mass is 306 g/mol. The lowest BCUT2D eigenvalue weighted by molar-refractivity contribution is 0.204. The van der Waals surface area contributed by atoms with Gasteiger partial charge in [0.2, 0.25) is 5.89 Å². The Morgan fingerprint density at radius 3 is 2.48 bits per heavy atom. The third-order valence-corrected chi connectivity index (χ3v) is 4.36. The van der Waals surface area contributed by atoms with E-state index in [0.717, 1.165) is 5.56 Å². The SMILES string of the molecule is C[C@@H](SC[C@@H](O)c1ccccc1)c1nc(C(C)(C)C)no1. The van der Waals surface area contributed by atoms with Crippen LogP contribution in [0.5, 0.6) is 0 Å². The molecule has 0 unspecified atom stereocenters. The van der Waals surface area contributed by atoms with Gasteiger partial charge in [-0.15, -0.1) is 11.8 Å². The van der Waals surface area contributed by atoms with Crippen molar-refractivity contribution in [1.82, 2.24) is 10.1 Å². The van der Waals surface area contributed by atoms with E-state index >= 15 is 0 Å². The Morgan fingerprint density at radius 2 is 1.90 bits per heavy atom. The number of thioether (sulfide) groups is 1. The molecule has 21 heavy (non-hydrogen) atoms. The van der Waals surface area contributed by atoms with Gasteiger partial charge in [-0.2, -0.15) is 4.98 Å². The highest BCUT2D eigenvalue weighted by Gasteiger charge is 2.23. The molecule has 0 aliphatic heterocycles. The van der Waals surface area contributed by atoms with E-state index in [9.17, 15) is 5.11 Å². The van der Waals surface area contributed by atoms with Gasteiger partial charge in [0.15, 0.2) is 5.82 Å². The van der Waals surface area contributed by atoms with Crippen molar-refractivity contribution in [3.05, 3.63) is 47.6 Å². The van der Waals surface area contributed by atoms with Crippen molar-refractivity contribution in [2.24, 2.45) is 0 Å². The van der Waals surface area contributed by atoms with Crippen LogP contribution in [0.3, 0.4) is 0 Å². The van der Waals surface area contributed by atoms with Gasteiger partial charge in [0.05, 0.1) is 11.4 Å². The first-order chi connectivity index (χ1) is 9.88. The van der Waals surface area contributed by atoms with E-state index in [0.29, 0.717) is 17.5 Å². The zero-order valence-electron chi connectivity index (χ0n) is 12.9. The summed E-state index contributed by atoms with van der Waals surface area (Å²) in [4.78, 5) is 4.45. The Balaban J connectivity index is 1.93. The molecule has 0 aliphatic rings. The minimum Gasteiger partial charge on any atom is -0.388 e. The van der Waals surface area contributed by atoms with Gasteiger partial charge in [-0.25, -0.2) is 0 Å². The van der Waals surface area contributed by atoms with Crippen LogP contribution in [0.1, 0.15) is 56.3 Å². The zero-order chi connectivity index (χ0) is 15.5. The van der Waals surface area contributed by atoms with Crippen molar-refractivity contribution in [3.8, 4) is 0 Å². The molecule has 0 aliphatic carbocycles.